The molecule has 0 unspecified atom stereocenters. The molecule has 0 atom stereocenters. The van der Waals surface area contributed by atoms with Gasteiger partial charge in [-0.1, -0.05) is 18.2 Å². The summed E-state index contributed by atoms with van der Waals surface area (Å²) < 4.78 is 0. The van der Waals surface area contributed by atoms with Crippen LogP contribution in [0.2, 0.25) is 0 Å². The summed E-state index contributed by atoms with van der Waals surface area (Å²) in [6, 6.07) is 15.1. The molecule has 0 bridgehead atoms. The van der Waals surface area contributed by atoms with Gasteiger partial charge in [0.2, 0.25) is 0 Å². The van der Waals surface area contributed by atoms with Gasteiger partial charge in [0, 0.05) is 18.8 Å². The zero-order chi connectivity index (χ0) is 13.2. The van der Waals surface area contributed by atoms with Crippen LogP contribution in [0, 0.1) is 0 Å². The highest BCUT2D eigenvalue weighted by molar-refractivity contribution is 5.90. The maximum atomic E-state index is 11.1. The Kier molecular flexibility index (Phi) is 2.83. The molecule has 0 aliphatic carbocycles. The van der Waals surface area contributed by atoms with Crippen LogP contribution < -0.4 is 10.2 Å². The Hall–Kier alpha value is -2.49. The van der Waals surface area contributed by atoms with Gasteiger partial charge in [0.05, 0.1) is 16.9 Å². The van der Waals surface area contributed by atoms with Crippen LogP contribution in [0.1, 0.15) is 10.4 Å². The van der Waals surface area contributed by atoms with Crippen molar-refractivity contribution in [3.63, 3.8) is 0 Å². The number of benzene rings is 2. The van der Waals surface area contributed by atoms with E-state index < -0.39 is 5.97 Å². The van der Waals surface area contributed by atoms with Gasteiger partial charge in [0.15, 0.2) is 0 Å². The summed E-state index contributed by atoms with van der Waals surface area (Å²) >= 11 is 0. The van der Waals surface area contributed by atoms with Gasteiger partial charge in [-0.15, -0.1) is 0 Å². The monoisotopic (exact) mass is 254 g/mol. The Morgan fingerprint density at radius 1 is 1.16 bits per heavy atom. The molecule has 0 fully saturated rings. The number of carboxylic acid groups (broad SMARTS) is 1. The fourth-order valence-electron chi connectivity index (χ4n) is 2.36. The topological polar surface area (TPSA) is 52.6 Å². The molecule has 19 heavy (non-hydrogen) atoms. The van der Waals surface area contributed by atoms with Gasteiger partial charge >= 0.3 is 5.97 Å². The first kappa shape index (κ1) is 11.6. The van der Waals surface area contributed by atoms with Crippen LogP contribution in [0.25, 0.3) is 0 Å². The zero-order valence-corrected chi connectivity index (χ0v) is 10.3. The van der Waals surface area contributed by atoms with E-state index in [1.165, 1.54) is 0 Å². The maximum absolute atomic E-state index is 11.1. The first-order valence-corrected chi connectivity index (χ1v) is 6.19. The Morgan fingerprint density at radius 2 is 2.00 bits per heavy atom. The predicted molar refractivity (Wildman–Crippen MR) is 75.3 cm³/mol. The highest BCUT2D eigenvalue weighted by atomic mass is 16.4. The standard InChI is InChI=1S/C15H14N2O2/c18-15(19)11-4-3-5-12(10-11)17-9-8-16-13-6-1-2-7-14(13)17/h1-7,10,16H,8-9H2,(H,18,19). The molecule has 0 aromatic heterocycles. The van der Waals surface area contributed by atoms with Crippen LogP contribution in [0.4, 0.5) is 17.1 Å². The van der Waals surface area contributed by atoms with E-state index in [-0.39, 0.29) is 0 Å². The second kappa shape index (κ2) is 4.65. The second-order valence-electron chi connectivity index (χ2n) is 4.45. The molecule has 0 spiro atoms. The normalized spacial score (nSPS) is 13.6. The molecule has 2 aromatic carbocycles. The van der Waals surface area contributed by atoms with Crippen LogP contribution in [0.3, 0.4) is 0 Å². The zero-order valence-electron chi connectivity index (χ0n) is 10.3. The molecule has 1 aliphatic heterocycles. The first-order valence-electron chi connectivity index (χ1n) is 6.19. The van der Waals surface area contributed by atoms with Crippen molar-refractivity contribution in [1.82, 2.24) is 0 Å². The number of aromatic carboxylic acids is 1. The van der Waals surface area contributed by atoms with E-state index >= 15 is 0 Å². The van der Waals surface area contributed by atoms with Crippen molar-refractivity contribution in [1.29, 1.82) is 0 Å². The number of fused-ring (bicyclic) bond motifs is 1. The lowest BCUT2D eigenvalue weighted by molar-refractivity contribution is 0.0697. The fraction of sp³-hybridized carbons (Fsp3) is 0.133. The van der Waals surface area contributed by atoms with E-state index in [0.717, 1.165) is 30.2 Å². The predicted octanol–water partition coefficient (Wildman–Crippen LogP) is 2.95. The molecule has 0 saturated carbocycles. The Morgan fingerprint density at radius 3 is 2.84 bits per heavy atom. The third-order valence-corrected chi connectivity index (χ3v) is 3.25. The van der Waals surface area contributed by atoms with Gasteiger partial charge in [0.25, 0.3) is 0 Å². The van der Waals surface area contributed by atoms with Crippen molar-refractivity contribution < 1.29 is 9.90 Å². The largest absolute Gasteiger partial charge is 0.478 e. The van der Waals surface area contributed by atoms with Gasteiger partial charge < -0.3 is 15.3 Å². The summed E-state index contributed by atoms with van der Waals surface area (Å²) in [7, 11) is 0. The van der Waals surface area contributed by atoms with E-state index in [1.54, 1.807) is 18.2 Å². The first-order chi connectivity index (χ1) is 9.25. The van der Waals surface area contributed by atoms with Crippen LogP contribution >= 0.6 is 0 Å². The van der Waals surface area contributed by atoms with Gasteiger partial charge in [-0.2, -0.15) is 0 Å². The Bertz CT molecular complexity index is 625. The number of carbonyl (C=O) groups is 1. The Labute approximate surface area is 111 Å². The quantitative estimate of drug-likeness (QED) is 0.865. The highest BCUT2D eigenvalue weighted by Gasteiger charge is 2.18. The summed E-state index contributed by atoms with van der Waals surface area (Å²) in [4.78, 5) is 13.2. The lowest BCUT2D eigenvalue weighted by Gasteiger charge is -2.32. The van der Waals surface area contributed by atoms with Crippen molar-refractivity contribution in [2.45, 2.75) is 0 Å². The molecule has 4 heteroatoms. The van der Waals surface area contributed by atoms with E-state index in [9.17, 15) is 4.79 Å². The van der Waals surface area contributed by atoms with Gasteiger partial charge in [0.1, 0.15) is 0 Å². The van der Waals surface area contributed by atoms with E-state index in [4.69, 9.17) is 5.11 Å². The minimum absolute atomic E-state index is 0.313. The molecule has 1 aliphatic rings. The van der Waals surface area contributed by atoms with Crippen LogP contribution in [0.15, 0.2) is 48.5 Å². The Balaban J connectivity index is 2.04. The fourth-order valence-corrected chi connectivity index (χ4v) is 2.36. The van der Waals surface area contributed by atoms with Crippen molar-refractivity contribution in [2.75, 3.05) is 23.3 Å². The minimum Gasteiger partial charge on any atom is -0.478 e. The molecule has 96 valence electrons. The molecule has 2 aromatic rings. The molecular weight excluding hydrogens is 240 g/mol. The van der Waals surface area contributed by atoms with Crippen molar-refractivity contribution in [3.8, 4) is 0 Å². The number of rotatable bonds is 2. The van der Waals surface area contributed by atoms with E-state index in [0.29, 0.717) is 5.56 Å². The average molecular weight is 254 g/mol. The number of nitrogens with one attached hydrogen (secondary N) is 1. The molecular formula is C15H14N2O2. The molecule has 3 rings (SSSR count). The SMILES string of the molecule is O=C(O)c1cccc(N2CCNc3ccccc32)c1. The molecule has 0 saturated heterocycles. The van der Waals surface area contributed by atoms with E-state index in [1.807, 2.05) is 30.3 Å². The smallest absolute Gasteiger partial charge is 0.335 e. The number of hydrogen-bond acceptors (Lipinski definition) is 3. The van der Waals surface area contributed by atoms with Crippen molar-refractivity contribution in [2.24, 2.45) is 0 Å². The van der Waals surface area contributed by atoms with Gasteiger partial charge in [-0.3, -0.25) is 0 Å². The lowest BCUT2D eigenvalue weighted by Crippen LogP contribution is -2.30. The van der Waals surface area contributed by atoms with Crippen LogP contribution in [0.5, 0.6) is 0 Å². The molecule has 0 radical (unpaired) electrons. The number of anilines is 3. The third kappa shape index (κ3) is 2.12. The number of carboxylic acids is 1. The number of para-hydroxylation sites is 2. The summed E-state index contributed by atoms with van der Waals surface area (Å²) in [5.74, 6) is -0.898. The maximum Gasteiger partial charge on any atom is 0.335 e. The second-order valence-corrected chi connectivity index (χ2v) is 4.45. The third-order valence-electron chi connectivity index (χ3n) is 3.25. The number of nitrogens with zero attached hydrogens (tertiary/aromatic N) is 1. The molecule has 4 nitrogen and oxygen atoms in total. The van der Waals surface area contributed by atoms with Crippen LogP contribution in [-0.2, 0) is 0 Å². The number of hydrogen-bond donors (Lipinski definition) is 2. The highest BCUT2D eigenvalue weighted by Crippen LogP contribution is 2.34. The van der Waals surface area contributed by atoms with Crippen LogP contribution in [-0.4, -0.2) is 24.2 Å². The molecule has 0 amide bonds. The molecule has 1 heterocycles. The minimum atomic E-state index is -0.898. The van der Waals surface area contributed by atoms with Crippen molar-refractivity contribution >= 4 is 23.0 Å². The van der Waals surface area contributed by atoms with Gasteiger partial charge in [-0.25, -0.2) is 4.79 Å². The summed E-state index contributed by atoms with van der Waals surface area (Å²) in [6.07, 6.45) is 0. The lowest BCUT2D eigenvalue weighted by atomic mass is 10.1. The van der Waals surface area contributed by atoms with Gasteiger partial charge in [-0.05, 0) is 30.3 Å². The summed E-state index contributed by atoms with van der Waals surface area (Å²) in [5, 5.41) is 12.4. The van der Waals surface area contributed by atoms with E-state index in [2.05, 4.69) is 10.2 Å². The summed E-state index contributed by atoms with van der Waals surface area (Å²) in [5.41, 5.74) is 3.38. The average Bonchev–Trinajstić information content (AvgIpc) is 2.47. The van der Waals surface area contributed by atoms with Crippen molar-refractivity contribution in [3.05, 3.63) is 54.1 Å². The summed E-state index contributed by atoms with van der Waals surface area (Å²) in [6.45, 7) is 1.66. The molecule has 2 N–H and O–H groups in total.